The van der Waals surface area contributed by atoms with E-state index >= 15 is 0 Å². The van der Waals surface area contributed by atoms with Crippen LogP contribution < -0.4 is 10.6 Å². The highest BCUT2D eigenvalue weighted by Crippen LogP contribution is 2.23. The third kappa shape index (κ3) is 3.85. The van der Waals surface area contributed by atoms with Gasteiger partial charge in [0.2, 0.25) is 0 Å². The van der Waals surface area contributed by atoms with Crippen molar-refractivity contribution in [1.82, 2.24) is 15.3 Å². The second-order valence-corrected chi connectivity index (χ2v) is 6.48. The molecule has 124 valence electrons. The topological polar surface area (TPSA) is 84.0 Å². The maximum atomic E-state index is 12.5. The molecular formula is C16H15ClN4O2S. The van der Waals surface area contributed by atoms with Gasteiger partial charge in [0.05, 0.1) is 22.5 Å². The van der Waals surface area contributed by atoms with Gasteiger partial charge in [-0.1, -0.05) is 35.5 Å². The summed E-state index contributed by atoms with van der Waals surface area (Å²) in [4.78, 5) is 32.9. The van der Waals surface area contributed by atoms with Crippen LogP contribution in [0.3, 0.4) is 0 Å². The maximum absolute atomic E-state index is 12.5. The molecule has 0 spiro atoms. The van der Waals surface area contributed by atoms with E-state index in [4.69, 9.17) is 11.6 Å². The monoisotopic (exact) mass is 362 g/mol. The number of para-hydroxylation sites is 1. The number of carbonyl (C=O) groups excluding carboxylic acids is 2. The maximum Gasteiger partial charge on any atom is 0.276 e. The average molecular weight is 363 g/mol. The van der Waals surface area contributed by atoms with Crippen LogP contribution in [0.25, 0.3) is 0 Å². The molecule has 1 aromatic carbocycles. The van der Waals surface area contributed by atoms with E-state index in [1.54, 1.807) is 24.3 Å². The molecule has 1 aliphatic carbocycles. The Labute approximate surface area is 148 Å². The lowest BCUT2D eigenvalue weighted by Gasteiger charge is -2.11. The number of aromatic nitrogens is 2. The highest BCUT2D eigenvalue weighted by Gasteiger charge is 2.25. The molecule has 8 heteroatoms. The number of amides is 2. The number of hydrogen-bond acceptors (Lipinski definition) is 5. The first kappa shape index (κ1) is 16.7. The van der Waals surface area contributed by atoms with Crippen LogP contribution in [0.15, 0.2) is 35.6 Å². The lowest BCUT2D eigenvalue weighted by Crippen LogP contribution is -2.27. The fraction of sp³-hybridized carbons (Fsp3) is 0.250. The van der Waals surface area contributed by atoms with Crippen LogP contribution in [0.1, 0.15) is 33.7 Å². The summed E-state index contributed by atoms with van der Waals surface area (Å²) in [6, 6.07) is 7.08. The molecule has 0 radical (unpaired) electrons. The summed E-state index contributed by atoms with van der Waals surface area (Å²) < 4.78 is 0. The summed E-state index contributed by atoms with van der Waals surface area (Å²) in [6.07, 6.45) is 5.19. The zero-order valence-corrected chi connectivity index (χ0v) is 14.4. The van der Waals surface area contributed by atoms with Crippen molar-refractivity contribution in [3.8, 4) is 0 Å². The molecule has 0 aliphatic heterocycles. The summed E-state index contributed by atoms with van der Waals surface area (Å²) in [5.74, 6) is -0.684. The number of nitrogens with one attached hydrogen (secondary N) is 2. The molecule has 2 N–H and O–H groups in total. The number of halogens is 1. The Morgan fingerprint density at radius 2 is 2.00 bits per heavy atom. The van der Waals surface area contributed by atoms with E-state index in [1.807, 2.05) is 6.26 Å². The van der Waals surface area contributed by atoms with Gasteiger partial charge in [-0.2, -0.15) is 0 Å². The van der Waals surface area contributed by atoms with Crippen LogP contribution in [0.5, 0.6) is 0 Å². The van der Waals surface area contributed by atoms with Crippen LogP contribution in [-0.4, -0.2) is 34.1 Å². The van der Waals surface area contributed by atoms with E-state index < -0.39 is 5.91 Å². The average Bonchev–Trinajstić information content (AvgIpc) is 3.39. The van der Waals surface area contributed by atoms with Crippen LogP contribution >= 0.6 is 23.4 Å². The Morgan fingerprint density at radius 1 is 1.25 bits per heavy atom. The normalized spacial score (nSPS) is 13.4. The summed E-state index contributed by atoms with van der Waals surface area (Å²) in [7, 11) is 0. The van der Waals surface area contributed by atoms with E-state index in [0.29, 0.717) is 16.4 Å². The van der Waals surface area contributed by atoms with Crippen molar-refractivity contribution in [2.45, 2.75) is 24.0 Å². The minimum atomic E-state index is -0.482. The van der Waals surface area contributed by atoms with Gasteiger partial charge in [-0.15, -0.1) is 0 Å². The Hall–Kier alpha value is -2.12. The van der Waals surface area contributed by atoms with Gasteiger partial charge in [0, 0.05) is 6.04 Å². The summed E-state index contributed by atoms with van der Waals surface area (Å²) >= 11 is 7.33. The second kappa shape index (κ2) is 7.19. The summed E-state index contributed by atoms with van der Waals surface area (Å²) in [6.45, 7) is 0. The number of anilines is 1. The number of nitrogens with zero attached hydrogens (tertiary/aromatic N) is 2. The van der Waals surface area contributed by atoms with E-state index in [2.05, 4.69) is 20.6 Å². The Balaban J connectivity index is 1.83. The molecular weight excluding hydrogens is 348 g/mol. The third-order valence-corrected chi connectivity index (χ3v) is 4.29. The Morgan fingerprint density at radius 3 is 2.71 bits per heavy atom. The van der Waals surface area contributed by atoms with Crippen molar-refractivity contribution < 1.29 is 9.59 Å². The molecule has 1 aromatic heterocycles. The number of carbonyl (C=O) groups is 2. The molecule has 2 aromatic rings. The molecule has 2 amide bonds. The van der Waals surface area contributed by atoms with Crippen molar-refractivity contribution in [1.29, 1.82) is 0 Å². The second-order valence-electron chi connectivity index (χ2n) is 5.30. The SMILES string of the molecule is CSc1ncc(Cl)c(C(=O)Nc2ccccc2C(=O)NC2CC2)n1. The highest BCUT2D eigenvalue weighted by molar-refractivity contribution is 7.98. The standard InChI is InChI=1S/C16H15ClN4O2S/c1-24-16-18-8-11(17)13(21-16)15(23)20-12-5-3-2-4-10(12)14(22)19-9-6-7-9/h2-5,8-9H,6-7H2,1H3,(H,19,22)(H,20,23). The van der Waals surface area contributed by atoms with Gasteiger partial charge in [-0.25, -0.2) is 9.97 Å². The van der Waals surface area contributed by atoms with E-state index in [1.165, 1.54) is 18.0 Å². The van der Waals surface area contributed by atoms with Gasteiger partial charge >= 0.3 is 0 Å². The molecule has 3 rings (SSSR count). The van der Waals surface area contributed by atoms with E-state index in [-0.39, 0.29) is 22.7 Å². The minimum Gasteiger partial charge on any atom is -0.349 e. The molecule has 1 heterocycles. The molecule has 0 unspecified atom stereocenters. The van der Waals surface area contributed by atoms with Crippen molar-refractivity contribution in [3.05, 3.63) is 46.7 Å². The van der Waals surface area contributed by atoms with E-state index in [0.717, 1.165) is 12.8 Å². The predicted octanol–water partition coefficient (Wildman–Crippen LogP) is 3.00. The van der Waals surface area contributed by atoms with Gasteiger partial charge in [-0.3, -0.25) is 9.59 Å². The lowest BCUT2D eigenvalue weighted by atomic mass is 10.1. The van der Waals surface area contributed by atoms with Crippen molar-refractivity contribution in [3.63, 3.8) is 0 Å². The van der Waals surface area contributed by atoms with Gasteiger partial charge in [-0.05, 0) is 31.2 Å². The number of hydrogen-bond donors (Lipinski definition) is 2. The summed E-state index contributed by atoms with van der Waals surface area (Å²) in [5, 5.41) is 6.22. The molecule has 6 nitrogen and oxygen atoms in total. The fourth-order valence-electron chi connectivity index (χ4n) is 2.07. The van der Waals surface area contributed by atoms with Gasteiger partial charge in [0.1, 0.15) is 0 Å². The molecule has 1 aliphatic rings. The third-order valence-electron chi connectivity index (χ3n) is 3.45. The summed E-state index contributed by atoms with van der Waals surface area (Å²) in [5.41, 5.74) is 0.905. The van der Waals surface area contributed by atoms with Crippen molar-refractivity contribution in [2.75, 3.05) is 11.6 Å². The van der Waals surface area contributed by atoms with Crippen LogP contribution in [0.4, 0.5) is 5.69 Å². The van der Waals surface area contributed by atoms with Crippen molar-refractivity contribution in [2.24, 2.45) is 0 Å². The molecule has 1 fully saturated rings. The van der Waals surface area contributed by atoms with Gasteiger partial charge in [0.25, 0.3) is 11.8 Å². The Kier molecular flexibility index (Phi) is 5.01. The van der Waals surface area contributed by atoms with Gasteiger partial charge in [0.15, 0.2) is 10.9 Å². The zero-order chi connectivity index (χ0) is 17.1. The molecule has 0 bridgehead atoms. The molecule has 0 saturated heterocycles. The molecule has 24 heavy (non-hydrogen) atoms. The quantitative estimate of drug-likeness (QED) is 0.631. The number of rotatable bonds is 5. The number of thioether (sulfide) groups is 1. The van der Waals surface area contributed by atoms with Gasteiger partial charge < -0.3 is 10.6 Å². The van der Waals surface area contributed by atoms with Crippen LogP contribution in [0, 0.1) is 0 Å². The smallest absolute Gasteiger partial charge is 0.276 e. The lowest BCUT2D eigenvalue weighted by molar-refractivity contribution is 0.0952. The first-order valence-electron chi connectivity index (χ1n) is 7.36. The predicted molar refractivity (Wildman–Crippen MR) is 93.7 cm³/mol. The molecule has 0 atom stereocenters. The first-order valence-corrected chi connectivity index (χ1v) is 8.96. The highest BCUT2D eigenvalue weighted by atomic mass is 35.5. The van der Waals surface area contributed by atoms with Crippen LogP contribution in [-0.2, 0) is 0 Å². The zero-order valence-electron chi connectivity index (χ0n) is 12.9. The minimum absolute atomic E-state index is 0.0772. The Bertz CT molecular complexity index is 795. The van der Waals surface area contributed by atoms with Crippen molar-refractivity contribution >= 4 is 40.9 Å². The number of benzene rings is 1. The largest absolute Gasteiger partial charge is 0.349 e. The van der Waals surface area contributed by atoms with E-state index in [9.17, 15) is 9.59 Å². The fourth-order valence-corrected chi connectivity index (χ4v) is 2.59. The first-order chi connectivity index (χ1) is 11.6. The molecule has 1 saturated carbocycles. The van der Waals surface area contributed by atoms with Crippen LogP contribution in [0.2, 0.25) is 5.02 Å².